The fourth-order valence-corrected chi connectivity index (χ4v) is 14.6. The van der Waals surface area contributed by atoms with Gasteiger partial charge in [-0.25, -0.2) is 0 Å². The number of aryl methyl sites for hydroxylation is 2. The number of para-hydroxylation sites is 1. The molecular formula is C68H55BN2S. The van der Waals surface area contributed by atoms with Crippen LogP contribution >= 0.6 is 11.3 Å². The molecule has 0 saturated carbocycles. The molecule has 10 aromatic rings. The highest BCUT2D eigenvalue weighted by molar-refractivity contribution is 7.30. The van der Waals surface area contributed by atoms with Gasteiger partial charge in [-0.3, -0.25) is 0 Å². The fraction of sp³-hybridized carbons (Fsp3) is 0.147. The Labute approximate surface area is 429 Å². The van der Waals surface area contributed by atoms with E-state index in [0.29, 0.717) is 5.92 Å². The van der Waals surface area contributed by atoms with Gasteiger partial charge in [0.15, 0.2) is 0 Å². The summed E-state index contributed by atoms with van der Waals surface area (Å²) in [6, 6.07) is 76.8. The van der Waals surface area contributed by atoms with Crippen LogP contribution < -0.4 is 25.5 Å². The SMILES string of the molecule is Cc1ccc(N2c3cc(C)cc4c3B(c3ccc(-c5cc(C(C)C)ccc5-c5ccccc5)cc3N4c3ccccc3)c3sc4c(c32)-c2ccc(C(C)(C)C)cc2C42c3ccccc3-c3ccccc32)cc1. The zero-order chi connectivity index (χ0) is 48.8. The molecular weight excluding hydrogens is 888 g/mol. The van der Waals surface area contributed by atoms with Gasteiger partial charge in [0, 0.05) is 43.7 Å². The van der Waals surface area contributed by atoms with E-state index in [9.17, 15) is 0 Å². The van der Waals surface area contributed by atoms with Gasteiger partial charge in [0.1, 0.15) is 0 Å². The Balaban J connectivity index is 1.11. The van der Waals surface area contributed by atoms with Crippen LogP contribution in [-0.4, -0.2) is 6.71 Å². The van der Waals surface area contributed by atoms with Crippen LogP contribution in [0.25, 0.3) is 44.5 Å². The first kappa shape index (κ1) is 43.2. The summed E-state index contributed by atoms with van der Waals surface area (Å²) in [7, 11) is 0. The maximum absolute atomic E-state index is 2.66. The standard InChI is InChI=1S/C68H55BN2S/c1-41(2)45-28-33-50(44-18-10-8-11-19-44)54(38-45)46-29-35-58-59(39-46)70(48-20-12-9-13-21-48)60-36-43(4)37-61-63(60)69(58)66-64(71(61)49-31-26-42(3)27-32-49)62-53-34-30-47(67(5,6)7)40-57(53)68(65(62)72-66)55-24-16-14-22-51(55)52-23-15-17-25-56(52)68/h8-41H,1-7H3. The van der Waals surface area contributed by atoms with Crippen molar-refractivity contribution in [3.63, 3.8) is 0 Å². The molecule has 0 radical (unpaired) electrons. The van der Waals surface area contributed by atoms with Gasteiger partial charge in [0.2, 0.25) is 0 Å². The van der Waals surface area contributed by atoms with Gasteiger partial charge in [-0.1, -0.05) is 198 Å². The smallest absolute Gasteiger partial charge is 0.264 e. The summed E-state index contributed by atoms with van der Waals surface area (Å²) in [5.41, 5.74) is 29.2. The van der Waals surface area contributed by atoms with Crippen LogP contribution in [0.2, 0.25) is 0 Å². The highest BCUT2D eigenvalue weighted by Crippen LogP contribution is 2.67. The van der Waals surface area contributed by atoms with Gasteiger partial charge in [0.25, 0.3) is 6.71 Å². The Morgan fingerprint density at radius 2 is 1.11 bits per heavy atom. The highest BCUT2D eigenvalue weighted by atomic mass is 32.1. The second kappa shape index (κ2) is 15.7. The average molecular weight is 943 g/mol. The molecule has 4 heteroatoms. The van der Waals surface area contributed by atoms with E-state index in [0.717, 1.165) is 5.69 Å². The lowest BCUT2D eigenvalue weighted by Gasteiger charge is -2.43. The van der Waals surface area contributed by atoms with Crippen molar-refractivity contribution in [2.75, 3.05) is 9.80 Å². The van der Waals surface area contributed by atoms with Crippen molar-refractivity contribution < 1.29 is 0 Å². The number of hydrogen-bond acceptors (Lipinski definition) is 3. The summed E-state index contributed by atoms with van der Waals surface area (Å²) in [4.78, 5) is 6.66. The van der Waals surface area contributed by atoms with E-state index in [1.165, 1.54) is 132 Å². The van der Waals surface area contributed by atoms with E-state index in [-0.39, 0.29) is 12.1 Å². The molecule has 0 amide bonds. The number of thiophene rings is 1. The van der Waals surface area contributed by atoms with Gasteiger partial charge in [-0.05, 0) is 151 Å². The summed E-state index contributed by atoms with van der Waals surface area (Å²) >= 11 is 2.07. The zero-order valence-electron chi connectivity index (χ0n) is 42.0. The molecule has 72 heavy (non-hydrogen) atoms. The summed E-state index contributed by atoms with van der Waals surface area (Å²) < 4.78 is 1.40. The average Bonchev–Trinajstić information content (AvgIpc) is 4.02. The van der Waals surface area contributed by atoms with Crippen molar-refractivity contribution in [3.05, 3.63) is 244 Å². The Morgan fingerprint density at radius 1 is 0.486 bits per heavy atom. The second-order valence-electron chi connectivity index (χ2n) is 22.0. The van der Waals surface area contributed by atoms with Crippen LogP contribution in [-0.2, 0) is 10.8 Å². The van der Waals surface area contributed by atoms with Gasteiger partial charge in [-0.2, -0.15) is 0 Å². The molecule has 2 aliphatic heterocycles. The largest absolute Gasteiger partial charge is 0.311 e. The molecule has 0 saturated heterocycles. The Morgan fingerprint density at radius 3 is 1.79 bits per heavy atom. The van der Waals surface area contributed by atoms with Crippen LogP contribution in [0.15, 0.2) is 200 Å². The van der Waals surface area contributed by atoms with Gasteiger partial charge < -0.3 is 9.80 Å². The molecule has 1 aromatic heterocycles. The van der Waals surface area contributed by atoms with E-state index in [1.807, 2.05) is 0 Å². The fourth-order valence-electron chi connectivity index (χ4n) is 12.9. The van der Waals surface area contributed by atoms with Crippen LogP contribution in [0, 0.1) is 13.8 Å². The Kier molecular flexibility index (Phi) is 9.39. The summed E-state index contributed by atoms with van der Waals surface area (Å²) in [6.45, 7) is 16.1. The molecule has 0 unspecified atom stereocenters. The third-order valence-corrected chi connectivity index (χ3v) is 17.7. The quantitative estimate of drug-likeness (QED) is 0.159. The van der Waals surface area contributed by atoms with Crippen molar-refractivity contribution in [2.45, 2.75) is 65.2 Å². The lowest BCUT2D eigenvalue weighted by Crippen LogP contribution is -2.60. The van der Waals surface area contributed by atoms with E-state index in [4.69, 9.17) is 0 Å². The van der Waals surface area contributed by atoms with Crippen LogP contribution in [0.4, 0.5) is 34.1 Å². The molecule has 0 fully saturated rings. The summed E-state index contributed by atoms with van der Waals surface area (Å²) in [5, 5.41) is 0. The van der Waals surface area contributed by atoms with Gasteiger partial charge in [-0.15, -0.1) is 11.3 Å². The number of fused-ring (bicyclic) bond motifs is 15. The lowest BCUT2D eigenvalue weighted by molar-refractivity contribution is 0.588. The minimum absolute atomic E-state index is 0.0243. The first-order valence-electron chi connectivity index (χ1n) is 25.7. The first-order chi connectivity index (χ1) is 35.0. The van der Waals surface area contributed by atoms with Crippen molar-refractivity contribution in [1.82, 2.24) is 0 Å². The molecule has 3 heterocycles. The minimum atomic E-state index is -0.488. The van der Waals surface area contributed by atoms with Crippen LogP contribution in [0.5, 0.6) is 0 Å². The molecule has 9 aromatic carbocycles. The van der Waals surface area contributed by atoms with E-state index >= 15 is 0 Å². The maximum atomic E-state index is 2.66. The summed E-state index contributed by atoms with van der Waals surface area (Å²) in [6.07, 6.45) is 0. The molecule has 2 nitrogen and oxygen atoms in total. The number of hydrogen-bond donors (Lipinski definition) is 0. The minimum Gasteiger partial charge on any atom is -0.311 e. The predicted molar refractivity (Wildman–Crippen MR) is 308 cm³/mol. The van der Waals surface area contributed by atoms with E-state index in [1.54, 1.807) is 0 Å². The molecule has 0 bridgehead atoms. The van der Waals surface area contributed by atoms with Crippen LogP contribution in [0.1, 0.15) is 84.4 Å². The molecule has 0 atom stereocenters. The molecule has 4 aliphatic rings. The van der Waals surface area contributed by atoms with Crippen molar-refractivity contribution in [1.29, 1.82) is 0 Å². The maximum Gasteiger partial charge on any atom is 0.264 e. The van der Waals surface area contributed by atoms with E-state index < -0.39 is 5.41 Å². The number of nitrogens with zero attached hydrogens (tertiary/aromatic N) is 2. The van der Waals surface area contributed by atoms with Gasteiger partial charge >= 0.3 is 0 Å². The highest BCUT2D eigenvalue weighted by Gasteiger charge is 2.57. The predicted octanol–water partition coefficient (Wildman–Crippen LogP) is 16.5. The molecule has 0 N–H and O–H groups in total. The molecule has 1 spiro atoms. The Bertz CT molecular complexity index is 3810. The number of anilines is 6. The normalized spacial score (nSPS) is 14.2. The molecule has 346 valence electrons. The number of benzene rings is 9. The lowest BCUT2D eigenvalue weighted by atomic mass is 9.36. The third-order valence-electron chi connectivity index (χ3n) is 16.3. The second-order valence-corrected chi connectivity index (χ2v) is 23.0. The van der Waals surface area contributed by atoms with Crippen LogP contribution in [0.3, 0.4) is 0 Å². The monoisotopic (exact) mass is 942 g/mol. The van der Waals surface area contributed by atoms with Crippen molar-refractivity contribution >= 4 is 67.9 Å². The third kappa shape index (κ3) is 6.02. The van der Waals surface area contributed by atoms with E-state index in [2.05, 4.69) is 270 Å². The molecule has 14 rings (SSSR count). The van der Waals surface area contributed by atoms with Crippen molar-refractivity contribution in [2.24, 2.45) is 0 Å². The number of rotatable bonds is 5. The summed E-state index contributed by atoms with van der Waals surface area (Å²) in [5.74, 6) is 0.394. The Hall–Kier alpha value is -7.66. The van der Waals surface area contributed by atoms with Gasteiger partial charge in [0.05, 0.1) is 11.1 Å². The first-order valence-corrected chi connectivity index (χ1v) is 26.5. The topological polar surface area (TPSA) is 6.48 Å². The molecule has 2 aliphatic carbocycles. The zero-order valence-corrected chi connectivity index (χ0v) is 42.8. The van der Waals surface area contributed by atoms with Crippen molar-refractivity contribution in [3.8, 4) is 44.5 Å².